The number of carbonyl (C=O) groups is 1. The summed E-state index contributed by atoms with van der Waals surface area (Å²) in [6.07, 6.45) is 1.13. The Labute approximate surface area is 178 Å². The molecule has 0 fully saturated rings. The molecule has 0 unspecified atom stereocenters. The van der Waals surface area contributed by atoms with Crippen molar-refractivity contribution in [2.24, 2.45) is 0 Å². The zero-order chi connectivity index (χ0) is 22.3. The molecule has 0 aliphatic carbocycles. The molecule has 2 aromatic heterocycles. The molecule has 9 heteroatoms. The number of hydrogen-bond donors (Lipinski definition) is 0. The van der Waals surface area contributed by atoms with E-state index < -0.39 is 21.6 Å². The van der Waals surface area contributed by atoms with E-state index in [1.54, 1.807) is 38.1 Å². The van der Waals surface area contributed by atoms with Gasteiger partial charge in [-0.05, 0) is 43.7 Å². The molecular formula is C22H19FN2O5S. The van der Waals surface area contributed by atoms with Gasteiger partial charge < -0.3 is 9.15 Å². The van der Waals surface area contributed by atoms with E-state index in [-0.39, 0.29) is 17.3 Å². The summed E-state index contributed by atoms with van der Waals surface area (Å²) >= 11 is 0. The molecule has 0 atom stereocenters. The normalized spacial score (nSPS) is 11.7. The van der Waals surface area contributed by atoms with Crippen LogP contribution in [-0.4, -0.2) is 36.9 Å². The zero-order valence-corrected chi connectivity index (χ0v) is 17.9. The molecule has 0 aliphatic rings. The Morgan fingerprint density at radius 3 is 2.29 bits per heavy atom. The Bertz CT molecular complexity index is 1380. The highest BCUT2D eigenvalue weighted by molar-refractivity contribution is 7.90. The number of esters is 1. The predicted octanol–water partition coefficient (Wildman–Crippen LogP) is 4.29. The average Bonchev–Trinajstić information content (AvgIpc) is 3.25. The van der Waals surface area contributed by atoms with Crippen LogP contribution < -0.4 is 0 Å². The van der Waals surface area contributed by atoms with Crippen LogP contribution in [0.25, 0.3) is 28.1 Å². The van der Waals surface area contributed by atoms with Gasteiger partial charge in [-0.3, -0.25) is 0 Å². The summed E-state index contributed by atoms with van der Waals surface area (Å²) in [6.45, 7) is 3.58. The number of rotatable bonds is 5. The standard InChI is InChI=1S/C22H19FN2O5S/c1-4-29-22(26)20-13(2)25-21(30-20)18(14-5-9-16(23)10-6-14)19(24-25)15-7-11-17(12-8-15)31(3,27)28/h5-12H,4H2,1-3H3. The number of sulfone groups is 1. The lowest BCUT2D eigenvalue weighted by Gasteiger charge is -2.05. The third kappa shape index (κ3) is 3.72. The molecule has 160 valence electrons. The second-order valence-corrected chi connectivity index (χ2v) is 9.00. The summed E-state index contributed by atoms with van der Waals surface area (Å²) in [5.74, 6) is -0.963. The summed E-state index contributed by atoms with van der Waals surface area (Å²) < 4.78 is 49.5. The van der Waals surface area contributed by atoms with Gasteiger partial charge in [0.2, 0.25) is 11.5 Å². The lowest BCUT2D eigenvalue weighted by Crippen LogP contribution is -2.05. The summed E-state index contributed by atoms with van der Waals surface area (Å²) in [4.78, 5) is 12.4. The summed E-state index contributed by atoms with van der Waals surface area (Å²) in [6, 6.07) is 12.1. The van der Waals surface area contributed by atoms with Crippen molar-refractivity contribution < 1.29 is 26.8 Å². The maximum Gasteiger partial charge on any atom is 0.376 e. The van der Waals surface area contributed by atoms with Gasteiger partial charge in [-0.25, -0.2) is 17.6 Å². The first-order chi connectivity index (χ1) is 14.7. The van der Waals surface area contributed by atoms with Crippen LogP contribution in [-0.2, 0) is 14.6 Å². The number of aryl methyl sites for hydroxylation is 1. The number of nitrogens with zero attached hydrogens (tertiary/aromatic N) is 2. The number of benzene rings is 2. The first-order valence-corrected chi connectivity index (χ1v) is 11.4. The molecule has 0 saturated heterocycles. The summed E-state index contributed by atoms with van der Waals surface area (Å²) in [5, 5.41) is 4.61. The van der Waals surface area contributed by atoms with Crippen LogP contribution >= 0.6 is 0 Å². The summed E-state index contributed by atoms with van der Waals surface area (Å²) in [7, 11) is -3.35. The fourth-order valence-corrected chi connectivity index (χ4v) is 3.95. The van der Waals surface area contributed by atoms with Crippen molar-refractivity contribution in [3.63, 3.8) is 0 Å². The van der Waals surface area contributed by atoms with Crippen LogP contribution in [0.3, 0.4) is 0 Å². The Kier molecular flexibility index (Phi) is 5.14. The van der Waals surface area contributed by atoms with Gasteiger partial charge in [-0.2, -0.15) is 9.61 Å². The quantitative estimate of drug-likeness (QED) is 0.428. The van der Waals surface area contributed by atoms with Gasteiger partial charge in [-0.15, -0.1) is 0 Å². The Morgan fingerprint density at radius 1 is 1.10 bits per heavy atom. The molecule has 0 amide bonds. The molecule has 4 rings (SSSR count). The number of carbonyl (C=O) groups excluding carboxylic acids is 1. The molecule has 0 aliphatic heterocycles. The topological polar surface area (TPSA) is 90.9 Å². The fraction of sp³-hybridized carbons (Fsp3) is 0.182. The smallest absolute Gasteiger partial charge is 0.376 e. The number of oxazole rings is 1. The van der Waals surface area contributed by atoms with Crippen molar-refractivity contribution in [2.75, 3.05) is 12.9 Å². The van der Waals surface area contributed by atoms with Gasteiger partial charge in [-0.1, -0.05) is 24.3 Å². The fourth-order valence-electron chi connectivity index (χ4n) is 3.32. The SMILES string of the molecule is CCOC(=O)c1oc2c(-c3ccc(F)cc3)c(-c3ccc(S(C)(=O)=O)cc3)nn2c1C. The highest BCUT2D eigenvalue weighted by atomic mass is 32.2. The van der Waals surface area contributed by atoms with E-state index in [1.807, 2.05) is 0 Å². The molecule has 0 bridgehead atoms. The van der Waals surface area contributed by atoms with Crippen molar-refractivity contribution >= 4 is 21.5 Å². The number of halogens is 1. The van der Waals surface area contributed by atoms with E-state index in [0.29, 0.717) is 33.8 Å². The molecule has 0 N–H and O–H groups in total. The highest BCUT2D eigenvalue weighted by Crippen LogP contribution is 2.37. The first-order valence-electron chi connectivity index (χ1n) is 9.46. The van der Waals surface area contributed by atoms with Crippen LogP contribution in [0.15, 0.2) is 57.8 Å². The second kappa shape index (κ2) is 7.66. The van der Waals surface area contributed by atoms with Crippen LogP contribution in [0.2, 0.25) is 0 Å². The lowest BCUT2D eigenvalue weighted by molar-refractivity contribution is 0.0491. The van der Waals surface area contributed by atoms with E-state index >= 15 is 0 Å². The second-order valence-electron chi connectivity index (χ2n) is 6.98. The first kappa shape index (κ1) is 20.8. The van der Waals surface area contributed by atoms with Gasteiger partial charge in [0.15, 0.2) is 9.84 Å². The lowest BCUT2D eigenvalue weighted by atomic mass is 10.0. The van der Waals surface area contributed by atoms with E-state index in [1.165, 1.54) is 28.8 Å². The van der Waals surface area contributed by atoms with Gasteiger partial charge in [0.1, 0.15) is 11.5 Å². The van der Waals surface area contributed by atoms with Crippen LogP contribution in [0.5, 0.6) is 0 Å². The van der Waals surface area contributed by atoms with Crippen LogP contribution in [0.4, 0.5) is 4.39 Å². The van der Waals surface area contributed by atoms with Crippen molar-refractivity contribution in [1.82, 2.24) is 9.61 Å². The van der Waals surface area contributed by atoms with Crippen molar-refractivity contribution in [3.8, 4) is 22.4 Å². The zero-order valence-electron chi connectivity index (χ0n) is 17.0. The molecule has 31 heavy (non-hydrogen) atoms. The minimum atomic E-state index is -3.35. The van der Waals surface area contributed by atoms with Gasteiger partial charge in [0, 0.05) is 11.8 Å². The third-order valence-electron chi connectivity index (χ3n) is 4.84. The predicted molar refractivity (Wildman–Crippen MR) is 112 cm³/mol. The van der Waals surface area contributed by atoms with E-state index in [0.717, 1.165) is 6.26 Å². The Morgan fingerprint density at radius 2 is 1.71 bits per heavy atom. The molecule has 0 spiro atoms. The number of ether oxygens (including phenoxy) is 1. The third-order valence-corrected chi connectivity index (χ3v) is 5.97. The molecule has 0 saturated carbocycles. The van der Waals surface area contributed by atoms with Gasteiger partial charge in [0.05, 0.1) is 22.8 Å². The molecular weight excluding hydrogens is 423 g/mol. The summed E-state index contributed by atoms with van der Waals surface area (Å²) in [5.41, 5.74) is 3.07. The van der Waals surface area contributed by atoms with Gasteiger partial charge >= 0.3 is 5.97 Å². The Hall–Kier alpha value is -3.46. The largest absolute Gasteiger partial charge is 0.460 e. The average molecular weight is 442 g/mol. The number of fused-ring (bicyclic) bond motifs is 1. The van der Waals surface area contributed by atoms with Crippen LogP contribution in [0.1, 0.15) is 23.2 Å². The van der Waals surface area contributed by atoms with E-state index in [9.17, 15) is 17.6 Å². The minimum Gasteiger partial charge on any atom is -0.460 e. The molecule has 7 nitrogen and oxygen atoms in total. The monoisotopic (exact) mass is 442 g/mol. The molecule has 2 aromatic carbocycles. The maximum absolute atomic E-state index is 13.5. The number of aromatic nitrogens is 2. The van der Waals surface area contributed by atoms with Crippen molar-refractivity contribution in [1.29, 1.82) is 0 Å². The maximum atomic E-state index is 13.5. The van der Waals surface area contributed by atoms with Gasteiger partial charge in [0.25, 0.3) is 0 Å². The molecule has 2 heterocycles. The highest BCUT2D eigenvalue weighted by Gasteiger charge is 2.26. The minimum absolute atomic E-state index is 0.0340. The Balaban J connectivity index is 1.95. The van der Waals surface area contributed by atoms with Crippen LogP contribution in [0, 0.1) is 12.7 Å². The van der Waals surface area contributed by atoms with Crippen molar-refractivity contribution in [3.05, 3.63) is 65.8 Å². The van der Waals surface area contributed by atoms with E-state index in [2.05, 4.69) is 5.10 Å². The van der Waals surface area contributed by atoms with E-state index in [4.69, 9.17) is 9.15 Å². The molecule has 4 aromatic rings. The molecule has 0 radical (unpaired) electrons. The number of hydrogen-bond acceptors (Lipinski definition) is 6. The van der Waals surface area contributed by atoms with Crippen molar-refractivity contribution in [2.45, 2.75) is 18.7 Å².